The molecule has 0 aliphatic carbocycles. The van der Waals surface area contributed by atoms with Crippen LogP contribution in [-0.4, -0.2) is 44.3 Å². The Bertz CT molecular complexity index is 355. The predicted octanol–water partition coefficient (Wildman–Crippen LogP) is 3.33. The second-order valence-corrected chi connectivity index (χ2v) is 5.51. The molecule has 0 amide bonds. The van der Waals surface area contributed by atoms with Crippen molar-refractivity contribution in [3.8, 4) is 0 Å². The molecule has 0 spiro atoms. The molecule has 0 fully saturated rings. The molecule has 0 saturated carbocycles. The van der Waals surface area contributed by atoms with E-state index in [-0.39, 0.29) is 0 Å². The molecule has 0 radical (unpaired) electrons. The van der Waals surface area contributed by atoms with Gasteiger partial charge in [0.05, 0.1) is 6.61 Å². The maximum absolute atomic E-state index is 5.48. The van der Waals surface area contributed by atoms with Crippen molar-refractivity contribution < 1.29 is 4.74 Å². The van der Waals surface area contributed by atoms with Gasteiger partial charge in [-0.05, 0) is 31.5 Å². The number of nitrogens with one attached hydrogen (secondary N) is 1. The third kappa shape index (κ3) is 6.60. The molecule has 120 valence electrons. The van der Waals surface area contributed by atoms with Crippen molar-refractivity contribution >= 4 is 0 Å². The Kier molecular flexibility index (Phi) is 9.31. The topological polar surface area (TPSA) is 24.5 Å². The van der Waals surface area contributed by atoms with Crippen LogP contribution in [0.5, 0.6) is 0 Å². The van der Waals surface area contributed by atoms with Crippen LogP contribution in [-0.2, 0) is 4.74 Å². The summed E-state index contributed by atoms with van der Waals surface area (Å²) < 4.78 is 5.48. The highest BCUT2D eigenvalue weighted by Gasteiger charge is 2.20. The van der Waals surface area contributed by atoms with Crippen molar-refractivity contribution in [3.05, 3.63) is 35.9 Å². The van der Waals surface area contributed by atoms with Gasteiger partial charge in [0.1, 0.15) is 0 Å². The van der Waals surface area contributed by atoms with Gasteiger partial charge in [-0.25, -0.2) is 0 Å². The zero-order valence-corrected chi connectivity index (χ0v) is 14.1. The van der Waals surface area contributed by atoms with E-state index in [1.54, 1.807) is 0 Å². The summed E-state index contributed by atoms with van der Waals surface area (Å²) in [5.41, 5.74) is 1.38. The molecule has 0 aliphatic heterocycles. The molecule has 3 nitrogen and oxygen atoms in total. The molecule has 0 aromatic heterocycles. The van der Waals surface area contributed by atoms with E-state index in [4.69, 9.17) is 4.74 Å². The summed E-state index contributed by atoms with van der Waals surface area (Å²) in [7, 11) is 0. The minimum atomic E-state index is 0.414. The smallest absolute Gasteiger partial charge is 0.0593 e. The summed E-state index contributed by atoms with van der Waals surface area (Å²) in [5, 5.41) is 3.64. The molecule has 0 aliphatic rings. The van der Waals surface area contributed by atoms with Gasteiger partial charge in [-0.3, -0.25) is 0 Å². The number of nitrogens with zero attached hydrogens (tertiary/aromatic N) is 1. The van der Waals surface area contributed by atoms with Crippen molar-refractivity contribution in [2.45, 2.75) is 33.7 Å². The molecule has 0 heterocycles. The first-order chi connectivity index (χ1) is 10.2. The lowest BCUT2D eigenvalue weighted by atomic mass is 9.94. The molecule has 3 heteroatoms. The molecule has 1 N–H and O–H groups in total. The third-order valence-corrected chi connectivity index (χ3v) is 3.90. The zero-order valence-electron chi connectivity index (χ0n) is 14.1. The van der Waals surface area contributed by atoms with E-state index in [2.05, 4.69) is 68.2 Å². The average molecular weight is 292 g/mol. The Morgan fingerprint density at radius 1 is 1.14 bits per heavy atom. The second kappa shape index (κ2) is 10.8. The predicted molar refractivity (Wildman–Crippen MR) is 90.6 cm³/mol. The lowest BCUT2D eigenvalue weighted by molar-refractivity contribution is 0.106. The number of ether oxygens (including phenoxy) is 1. The van der Waals surface area contributed by atoms with Crippen LogP contribution in [0.1, 0.15) is 39.3 Å². The minimum Gasteiger partial charge on any atom is -0.380 e. The molecule has 2 unspecified atom stereocenters. The van der Waals surface area contributed by atoms with E-state index in [1.807, 2.05) is 0 Å². The molecule has 21 heavy (non-hydrogen) atoms. The summed E-state index contributed by atoms with van der Waals surface area (Å²) in [6, 6.07) is 11.2. The highest BCUT2D eigenvalue weighted by Crippen LogP contribution is 2.22. The number of benzene rings is 1. The van der Waals surface area contributed by atoms with Gasteiger partial charge in [0, 0.05) is 25.7 Å². The maximum Gasteiger partial charge on any atom is 0.0593 e. The fourth-order valence-corrected chi connectivity index (χ4v) is 2.76. The molecule has 1 aromatic carbocycles. The van der Waals surface area contributed by atoms with E-state index >= 15 is 0 Å². The van der Waals surface area contributed by atoms with Crippen LogP contribution in [0.4, 0.5) is 0 Å². The van der Waals surface area contributed by atoms with Crippen LogP contribution >= 0.6 is 0 Å². The van der Waals surface area contributed by atoms with Crippen LogP contribution in [0.25, 0.3) is 0 Å². The fraction of sp³-hybridized carbons (Fsp3) is 0.667. The van der Waals surface area contributed by atoms with Gasteiger partial charge in [-0.1, -0.05) is 51.1 Å². The number of hydrogen-bond donors (Lipinski definition) is 1. The molecular weight excluding hydrogens is 260 g/mol. The second-order valence-electron chi connectivity index (χ2n) is 5.51. The SMILES string of the molecule is CCNC(c1ccccc1)C(C)CN(CC)CCOCC. The first-order valence-corrected chi connectivity index (χ1v) is 8.31. The molecule has 0 saturated heterocycles. The third-order valence-electron chi connectivity index (χ3n) is 3.90. The van der Waals surface area contributed by atoms with Gasteiger partial charge in [-0.2, -0.15) is 0 Å². The monoisotopic (exact) mass is 292 g/mol. The Labute approximate surface area is 130 Å². The standard InChI is InChI=1S/C18H32N2O/c1-5-19-18(17-11-9-8-10-12-17)16(4)15-20(6-2)13-14-21-7-3/h8-12,16,18-19H,5-7,13-15H2,1-4H3. The van der Waals surface area contributed by atoms with Gasteiger partial charge < -0.3 is 15.0 Å². The molecule has 1 rings (SSSR count). The van der Waals surface area contributed by atoms with Gasteiger partial charge in [-0.15, -0.1) is 0 Å². The summed E-state index contributed by atoms with van der Waals surface area (Å²) in [4.78, 5) is 2.48. The van der Waals surface area contributed by atoms with Crippen molar-refractivity contribution in [1.29, 1.82) is 0 Å². The Hall–Kier alpha value is -0.900. The van der Waals surface area contributed by atoms with Crippen LogP contribution in [0.2, 0.25) is 0 Å². The van der Waals surface area contributed by atoms with Gasteiger partial charge >= 0.3 is 0 Å². The van der Waals surface area contributed by atoms with Crippen LogP contribution in [0.3, 0.4) is 0 Å². The zero-order chi connectivity index (χ0) is 15.5. The van der Waals surface area contributed by atoms with Gasteiger partial charge in [0.25, 0.3) is 0 Å². The Balaban J connectivity index is 2.61. The molecule has 1 aromatic rings. The highest BCUT2D eigenvalue weighted by molar-refractivity contribution is 5.19. The van der Waals surface area contributed by atoms with E-state index in [9.17, 15) is 0 Å². The Morgan fingerprint density at radius 2 is 1.86 bits per heavy atom. The van der Waals surface area contributed by atoms with Crippen molar-refractivity contribution in [1.82, 2.24) is 10.2 Å². The van der Waals surface area contributed by atoms with E-state index < -0.39 is 0 Å². The van der Waals surface area contributed by atoms with Crippen molar-refractivity contribution in [2.24, 2.45) is 5.92 Å². The van der Waals surface area contributed by atoms with Gasteiger partial charge in [0.15, 0.2) is 0 Å². The fourth-order valence-electron chi connectivity index (χ4n) is 2.76. The first-order valence-electron chi connectivity index (χ1n) is 8.31. The summed E-state index contributed by atoms with van der Waals surface area (Å²) in [6.45, 7) is 14.6. The van der Waals surface area contributed by atoms with Crippen molar-refractivity contribution in [2.75, 3.05) is 39.4 Å². The van der Waals surface area contributed by atoms with Crippen molar-refractivity contribution in [3.63, 3.8) is 0 Å². The van der Waals surface area contributed by atoms with E-state index in [1.165, 1.54) is 5.56 Å². The average Bonchev–Trinajstić information content (AvgIpc) is 2.52. The van der Waals surface area contributed by atoms with E-state index in [0.29, 0.717) is 12.0 Å². The van der Waals surface area contributed by atoms with Gasteiger partial charge in [0.2, 0.25) is 0 Å². The summed E-state index contributed by atoms with van der Waals surface area (Å²) >= 11 is 0. The number of likely N-dealkylation sites (N-methyl/N-ethyl adjacent to an activating group) is 1. The largest absolute Gasteiger partial charge is 0.380 e. The lowest BCUT2D eigenvalue weighted by Crippen LogP contribution is -2.37. The van der Waals surface area contributed by atoms with Crippen LogP contribution in [0, 0.1) is 5.92 Å². The Morgan fingerprint density at radius 3 is 2.43 bits per heavy atom. The van der Waals surface area contributed by atoms with Crippen LogP contribution in [0.15, 0.2) is 30.3 Å². The summed E-state index contributed by atoms with van der Waals surface area (Å²) in [5.74, 6) is 0.564. The normalized spacial score (nSPS) is 14.3. The van der Waals surface area contributed by atoms with E-state index in [0.717, 1.165) is 39.4 Å². The number of rotatable bonds is 11. The number of hydrogen-bond acceptors (Lipinski definition) is 3. The molecule has 2 atom stereocenters. The molecular formula is C18H32N2O. The maximum atomic E-state index is 5.48. The summed E-state index contributed by atoms with van der Waals surface area (Å²) in [6.07, 6.45) is 0. The first kappa shape index (κ1) is 18.1. The lowest BCUT2D eigenvalue weighted by Gasteiger charge is -2.30. The highest BCUT2D eigenvalue weighted by atomic mass is 16.5. The quantitative estimate of drug-likeness (QED) is 0.633. The van der Waals surface area contributed by atoms with Crippen LogP contribution < -0.4 is 5.32 Å². The molecule has 0 bridgehead atoms. The minimum absolute atomic E-state index is 0.414.